The molecule has 0 spiro atoms. The van der Waals surface area contributed by atoms with Crippen molar-refractivity contribution in [3.05, 3.63) is 91.1 Å². The molecule has 0 radical (unpaired) electrons. The third-order valence-corrected chi connectivity index (χ3v) is 8.14. The second-order valence-corrected chi connectivity index (χ2v) is 10.6. The molecule has 1 aliphatic heterocycles. The lowest BCUT2D eigenvalue weighted by molar-refractivity contribution is -0.134. The lowest BCUT2D eigenvalue weighted by Gasteiger charge is -2.37. The number of hydrogen-bond acceptors (Lipinski definition) is 3. The van der Waals surface area contributed by atoms with E-state index in [9.17, 15) is 9.59 Å². The smallest absolute Gasteiger partial charge is 0.254 e. The maximum absolute atomic E-state index is 13.7. The minimum atomic E-state index is -0.176. The Hall–Kier alpha value is -2.34. The fraction of sp³-hybridized carbons (Fsp3) is 0.308. The van der Waals surface area contributed by atoms with E-state index in [1.54, 1.807) is 34.4 Å². The summed E-state index contributed by atoms with van der Waals surface area (Å²) >= 11 is 13.9. The fourth-order valence-corrected chi connectivity index (χ4v) is 5.68. The van der Waals surface area contributed by atoms with Crippen LogP contribution in [0.3, 0.4) is 0 Å². The Labute approximate surface area is 207 Å². The minimum absolute atomic E-state index is 0.0299. The van der Waals surface area contributed by atoms with Crippen LogP contribution in [-0.2, 0) is 11.2 Å². The second-order valence-electron chi connectivity index (χ2n) is 8.74. The van der Waals surface area contributed by atoms with Crippen LogP contribution in [0, 0.1) is 6.92 Å². The molecule has 4 nitrogen and oxygen atoms in total. The van der Waals surface area contributed by atoms with Crippen molar-refractivity contribution < 1.29 is 9.59 Å². The number of aryl methyl sites for hydroxylation is 1. The van der Waals surface area contributed by atoms with Gasteiger partial charge in [0, 0.05) is 23.0 Å². The number of fused-ring (bicyclic) bond motifs is 1. The molecule has 1 fully saturated rings. The molecule has 1 saturated carbocycles. The molecular weight excluding hydrogens is 475 g/mol. The molecule has 170 valence electrons. The third-order valence-electron chi connectivity index (χ3n) is 6.40. The standard InChI is InChI=1S/C26H24Cl2N2O2S/c1-16-2-4-17(5-3-16)25-20-11-13-33-23(20)10-12-29(25)24(31)15-30(19-7-8-19)26(32)18-6-9-21(27)22(28)14-18/h2-6,9,11,13-14,19,25H,7-8,10,12,15H2,1H3. The lowest BCUT2D eigenvalue weighted by Crippen LogP contribution is -2.47. The van der Waals surface area contributed by atoms with Crippen LogP contribution in [-0.4, -0.2) is 40.7 Å². The first kappa shape index (κ1) is 22.5. The van der Waals surface area contributed by atoms with Gasteiger partial charge in [-0.05, 0) is 67.0 Å². The number of rotatable bonds is 5. The number of carbonyl (C=O) groups excluding carboxylic acids is 2. The Balaban J connectivity index is 1.42. The Morgan fingerprint density at radius 3 is 2.52 bits per heavy atom. The number of hydrogen-bond donors (Lipinski definition) is 0. The van der Waals surface area contributed by atoms with E-state index in [0.717, 1.165) is 24.8 Å². The number of nitrogens with zero attached hydrogens (tertiary/aromatic N) is 2. The highest BCUT2D eigenvalue weighted by molar-refractivity contribution is 7.10. The summed E-state index contributed by atoms with van der Waals surface area (Å²) in [6.07, 6.45) is 2.66. The summed E-state index contributed by atoms with van der Waals surface area (Å²) in [5.74, 6) is -0.206. The van der Waals surface area contributed by atoms with Crippen molar-refractivity contribution in [3.8, 4) is 0 Å². The van der Waals surface area contributed by atoms with Crippen molar-refractivity contribution in [2.45, 2.75) is 38.3 Å². The zero-order valence-corrected chi connectivity index (χ0v) is 20.6. The van der Waals surface area contributed by atoms with E-state index >= 15 is 0 Å². The fourth-order valence-electron chi connectivity index (χ4n) is 4.48. The van der Waals surface area contributed by atoms with E-state index in [1.807, 2.05) is 4.90 Å². The maximum atomic E-state index is 13.7. The summed E-state index contributed by atoms with van der Waals surface area (Å²) in [6, 6.07) is 15.3. The second kappa shape index (κ2) is 9.13. The van der Waals surface area contributed by atoms with Gasteiger partial charge in [0.2, 0.25) is 5.91 Å². The molecule has 2 aliphatic rings. The summed E-state index contributed by atoms with van der Waals surface area (Å²) < 4.78 is 0. The molecule has 1 aromatic heterocycles. The van der Waals surface area contributed by atoms with Gasteiger partial charge < -0.3 is 9.80 Å². The van der Waals surface area contributed by atoms with Crippen molar-refractivity contribution in [3.63, 3.8) is 0 Å². The molecule has 0 bridgehead atoms. The predicted octanol–water partition coefficient (Wildman–Crippen LogP) is 6.14. The lowest BCUT2D eigenvalue weighted by atomic mass is 9.92. The number of halogens is 2. The van der Waals surface area contributed by atoms with E-state index < -0.39 is 0 Å². The van der Waals surface area contributed by atoms with E-state index in [-0.39, 0.29) is 30.4 Å². The zero-order valence-electron chi connectivity index (χ0n) is 18.3. The Morgan fingerprint density at radius 2 is 1.82 bits per heavy atom. The molecule has 33 heavy (non-hydrogen) atoms. The van der Waals surface area contributed by atoms with Gasteiger partial charge in [-0.1, -0.05) is 53.0 Å². The van der Waals surface area contributed by atoms with Crippen LogP contribution in [0.15, 0.2) is 53.9 Å². The quantitative estimate of drug-likeness (QED) is 0.423. The molecular formula is C26H24Cl2N2O2S. The maximum Gasteiger partial charge on any atom is 0.254 e. The normalized spacial score (nSPS) is 17.5. The van der Waals surface area contributed by atoms with Crippen molar-refractivity contribution in [1.29, 1.82) is 0 Å². The van der Waals surface area contributed by atoms with Gasteiger partial charge in [0.05, 0.1) is 16.1 Å². The van der Waals surface area contributed by atoms with Crippen LogP contribution in [0.4, 0.5) is 0 Å². The van der Waals surface area contributed by atoms with E-state index in [2.05, 4.69) is 42.6 Å². The van der Waals surface area contributed by atoms with Crippen LogP contribution in [0.5, 0.6) is 0 Å². The number of thiophene rings is 1. The number of benzene rings is 2. The highest BCUT2D eigenvalue weighted by Gasteiger charge is 2.38. The molecule has 1 unspecified atom stereocenters. The van der Waals surface area contributed by atoms with E-state index in [1.165, 1.54) is 16.0 Å². The zero-order chi connectivity index (χ0) is 23.1. The summed E-state index contributed by atoms with van der Waals surface area (Å²) in [6.45, 7) is 2.77. The van der Waals surface area contributed by atoms with Crippen LogP contribution < -0.4 is 0 Å². The molecule has 0 N–H and O–H groups in total. The van der Waals surface area contributed by atoms with Gasteiger partial charge in [0.15, 0.2) is 0 Å². The van der Waals surface area contributed by atoms with Gasteiger partial charge in [-0.3, -0.25) is 9.59 Å². The average molecular weight is 499 g/mol. The van der Waals surface area contributed by atoms with Gasteiger partial charge in [0.25, 0.3) is 5.91 Å². The first-order valence-electron chi connectivity index (χ1n) is 11.1. The first-order chi connectivity index (χ1) is 15.9. The highest BCUT2D eigenvalue weighted by Crippen LogP contribution is 2.38. The molecule has 3 aromatic rings. The predicted molar refractivity (Wildman–Crippen MR) is 133 cm³/mol. The average Bonchev–Trinajstić information content (AvgIpc) is 3.54. The molecule has 1 aliphatic carbocycles. The molecule has 2 aromatic carbocycles. The highest BCUT2D eigenvalue weighted by atomic mass is 35.5. The molecule has 2 heterocycles. The van der Waals surface area contributed by atoms with E-state index in [0.29, 0.717) is 22.2 Å². The van der Waals surface area contributed by atoms with Crippen LogP contribution in [0.25, 0.3) is 0 Å². The van der Waals surface area contributed by atoms with Gasteiger partial charge in [0.1, 0.15) is 6.54 Å². The molecule has 2 amide bonds. The van der Waals surface area contributed by atoms with Crippen LogP contribution >= 0.6 is 34.5 Å². The van der Waals surface area contributed by atoms with Crippen molar-refractivity contribution in [2.75, 3.05) is 13.1 Å². The van der Waals surface area contributed by atoms with Gasteiger partial charge in [-0.2, -0.15) is 0 Å². The summed E-state index contributed by atoms with van der Waals surface area (Å²) in [5.41, 5.74) is 3.93. The molecule has 1 atom stereocenters. The van der Waals surface area contributed by atoms with Crippen LogP contribution in [0.2, 0.25) is 10.0 Å². The van der Waals surface area contributed by atoms with Gasteiger partial charge in [-0.15, -0.1) is 11.3 Å². The summed E-state index contributed by atoms with van der Waals surface area (Å²) in [7, 11) is 0. The molecule has 5 rings (SSSR count). The Morgan fingerprint density at radius 1 is 1.06 bits per heavy atom. The monoisotopic (exact) mass is 498 g/mol. The van der Waals surface area contributed by atoms with Crippen molar-refractivity contribution in [1.82, 2.24) is 9.80 Å². The molecule has 7 heteroatoms. The topological polar surface area (TPSA) is 40.6 Å². The van der Waals surface area contributed by atoms with E-state index in [4.69, 9.17) is 23.2 Å². The summed E-state index contributed by atoms with van der Waals surface area (Å²) in [4.78, 5) is 32.0. The number of amides is 2. The van der Waals surface area contributed by atoms with Crippen molar-refractivity contribution >= 4 is 46.4 Å². The number of carbonyl (C=O) groups is 2. The largest absolute Gasteiger partial charge is 0.330 e. The minimum Gasteiger partial charge on any atom is -0.330 e. The Kier molecular flexibility index (Phi) is 6.21. The first-order valence-corrected chi connectivity index (χ1v) is 12.7. The van der Waals surface area contributed by atoms with Gasteiger partial charge in [-0.25, -0.2) is 0 Å². The van der Waals surface area contributed by atoms with Crippen LogP contribution in [0.1, 0.15) is 50.8 Å². The van der Waals surface area contributed by atoms with Gasteiger partial charge >= 0.3 is 0 Å². The third kappa shape index (κ3) is 4.54. The summed E-state index contributed by atoms with van der Waals surface area (Å²) in [5, 5.41) is 2.84. The molecule has 0 saturated heterocycles. The SMILES string of the molecule is Cc1ccc(C2c3ccsc3CCN2C(=O)CN(C(=O)c2ccc(Cl)c(Cl)c2)C2CC2)cc1. The Bertz CT molecular complexity index is 1200. The van der Waals surface area contributed by atoms with Crippen molar-refractivity contribution in [2.24, 2.45) is 0 Å².